The molecule has 0 radical (unpaired) electrons. The highest BCUT2D eigenvalue weighted by atomic mass is 32.1. The van der Waals surface area contributed by atoms with E-state index in [1.165, 1.54) is 49.1 Å². The van der Waals surface area contributed by atoms with Gasteiger partial charge in [0.15, 0.2) is 0 Å². The molecule has 5 heterocycles. The summed E-state index contributed by atoms with van der Waals surface area (Å²) >= 11 is 1.68. The summed E-state index contributed by atoms with van der Waals surface area (Å²) in [5, 5.41) is 12.4. The zero-order valence-electron chi connectivity index (χ0n) is 14.3. The molecule has 7 heteroatoms. The van der Waals surface area contributed by atoms with E-state index < -0.39 is 0 Å². The molecule has 5 rings (SSSR count). The molecular formula is C18H22N6S. The Bertz CT molecular complexity index is 885. The van der Waals surface area contributed by atoms with Crippen molar-refractivity contribution in [3.05, 3.63) is 29.4 Å². The van der Waals surface area contributed by atoms with E-state index in [9.17, 15) is 0 Å². The largest absolute Gasteiger partial charge is 0.355 e. The number of hydrogen-bond acceptors (Lipinski definition) is 6. The average molecular weight is 354 g/mol. The summed E-state index contributed by atoms with van der Waals surface area (Å²) in [4.78, 5) is 12.5. The molecule has 3 aromatic heterocycles. The SMILES string of the molecule is c1nc(N2CCC[C@H](c3nnc4n3CCCCC4)C2)c2ccsc2n1. The number of piperidine rings is 1. The van der Waals surface area contributed by atoms with Gasteiger partial charge >= 0.3 is 0 Å². The fraction of sp³-hybridized carbons (Fsp3) is 0.556. The molecule has 0 spiro atoms. The molecule has 0 N–H and O–H groups in total. The summed E-state index contributed by atoms with van der Waals surface area (Å²) in [6.07, 6.45) is 8.92. The number of fused-ring (bicyclic) bond motifs is 2. The minimum Gasteiger partial charge on any atom is -0.355 e. The van der Waals surface area contributed by atoms with Crippen LogP contribution < -0.4 is 4.90 Å². The number of anilines is 1. The van der Waals surface area contributed by atoms with Crippen LogP contribution in [0.1, 0.15) is 49.7 Å². The van der Waals surface area contributed by atoms with Gasteiger partial charge in [-0.05, 0) is 37.1 Å². The van der Waals surface area contributed by atoms with Gasteiger partial charge in [-0.2, -0.15) is 0 Å². The molecule has 0 bridgehead atoms. The molecule has 25 heavy (non-hydrogen) atoms. The number of thiophene rings is 1. The number of aromatic nitrogens is 5. The monoisotopic (exact) mass is 354 g/mol. The summed E-state index contributed by atoms with van der Waals surface area (Å²) in [6.45, 7) is 3.11. The second-order valence-corrected chi connectivity index (χ2v) is 7.95. The standard InChI is InChI=1S/C18H22N6S/c1-2-6-15-21-22-16(24(15)9-3-1)13-5-4-8-23(11-13)17-14-7-10-25-18(14)20-12-19-17/h7,10,12-13H,1-6,8-9,11H2/t13-/m0/s1. The first-order chi connectivity index (χ1) is 12.4. The van der Waals surface area contributed by atoms with Crippen LogP contribution in [-0.2, 0) is 13.0 Å². The summed E-state index contributed by atoms with van der Waals surface area (Å²) in [5.41, 5.74) is 0. The lowest BCUT2D eigenvalue weighted by Gasteiger charge is -2.33. The minimum absolute atomic E-state index is 0.441. The third-order valence-corrected chi connectivity index (χ3v) is 6.29. The molecule has 1 atom stereocenters. The topological polar surface area (TPSA) is 59.7 Å². The summed E-state index contributed by atoms with van der Waals surface area (Å²) in [7, 11) is 0. The van der Waals surface area contributed by atoms with Crippen molar-refractivity contribution in [1.82, 2.24) is 24.7 Å². The molecule has 3 aromatic rings. The van der Waals surface area contributed by atoms with Crippen molar-refractivity contribution in [2.24, 2.45) is 0 Å². The van der Waals surface area contributed by atoms with Crippen LogP contribution in [0, 0.1) is 0 Å². The van der Waals surface area contributed by atoms with Crippen LogP contribution in [-0.4, -0.2) is 37.8 Å². The number of aryl methyl sites for hydroxylation is 1. The van der Waals surface area contributed by atoms with Crippen molar-refractivity contribution in [2.45, 2.75) is 51.0 Å². The van der Waals surface area contributed by atoms with Crippen molar-refractivity contribution in [1.29, 1.82) is 0 Å². The van der Waals surface area contributed by atoms with Gasteiger partial charge in [-0.15, -0.1) is 21.5 Å². The Morgan fingerprint density at radius 3 is 3.04 bits per heavy atom. The third kappa shape index (κ3) is 2.70. The molecular weight excluding hydrogens is 332 g/mol. The van der Waals surface area contributed by atoms with Gasteiger partial charge in [0.1, 0.15) is 28.6 Å². The van der Waals surface area contributed by atoms with Crippen LogP contribution >= 0.6 is 11.3 Å². The van der Waals surface area contributed by atoms with Crippen LogP contribution in [0.3, 0.4) is 0 Å². The van der Waals surface area contributed by atoms with Crippen LogP contribution in [0.15, 0.2) is 17.8 Å². The lowest BCUT2D eigenvalue weighted by atomic mass is 9.97. The van der Waals surface area contributed by atoms with E-state index in [0.29, 0.717) is 5.92 Å². The van der Waals surface area contributed by atoms with Gasteiger partial charge in [-0.25, -0.2) is 9.97 Å². The van der Waals surface area contributed by atoms with E-state index in [1.807, 2.05) is 0 Å². The smallest absolute Gasteiger partial charge is 0.140 e. The zero-order chi connectivity index (χ0) is 16.6. The van der Waals surface area contributed by atoms with Gasteiger partial charge in [-0.3, -0.25) is 0 Å². The second kappa shape index (κ2) is 6.37. The Labute approximate surface area is 150 Å². The Morgan fingerprint density at radius 1 is 1.04 bits per heavy atom. The van der Waals surface area contributed by atoms with Crippen LogP contribution in [0.4, 0.5) is 5.82 Å². The van der Waals surface area contributed by atoms with Crippen molar-refractivity contribution in [3.8, 4) is 0 Å². The molecule has 130 valence electrons. The molecule has 2 aliphatic rings. The molecule has 2 aliphatic heterocycles. The van der Waals surface area contributed by atoms with Crippen molar-refractivity contribution in [3.63, 3.8) is 0 Å². The van der Waals surface area contributed by atoms with Gasteiger partial charge in [-0.1, -0.05) is 6.42 Å². The predicted octanol–water partition coefficient (Wildman–Crippen LogP) is 3.39. The average Bonchev–Trinajstić information content (AvgIpc) is 3.23. The maximum absolute atomic E-state index is 4.60. The molecule has 0 amide bonds. The molecule has 1 fully saturated rings. The first-order valence-corrected chi connectivity index (χ1v) is 10.1. The summed E-state index contributed by atoms with van der Waals surface area (Å²) in [5.74, 6) is 3.90. The van der Waals surface area contributed by atoms with E-state index >= 15 is 0 Å². The first kappa shape index (κ1) is 15.3. The quantitative estimate of drug-likeness (QED) is 0.706. The van der Waals surface area contributed by atoms with Gasteiger partial charge < -0.3 is 9.47 Å². The molecule has 0 saturated carbocycles. The minimum atomic E-state index is 0.441. The van der Waals surface area contributed by atoms with E-state index in [0.717, 1.165) is 36.7 Å². The second-order valence-electron chi connectivity index (χ2n) is 7.06. The number of nitrogens with zero attached hydrogens (tertiary/aromatic N) is 6. The highest BCUT2D eigenvalue weighted by molar-refractivity contribution is 7.16. The highest BCUT2D eigenvalue weighted by Crippen LogP contribution is 2.33. The van der Waals surface area contributed by atoms with E-state index in [2.05, 4.69) is 41.1 Å². The van der Waals surface area contributed by atoms with Crippen LogP contribution in [0.25, 0.3) is 10.2 Å². The van der Waals surface area contributed by atoms with E-state index in [1.54, 1.807) is 17.7 Å². The van der Waals surface area contributed by atoms with E-state index in [4.69, 9.17) is 0 Å². The maximum atomic E-state index is 4.60. The zero-order valence-corrected chi connectivity index (χ0v) is 15.1. The van der Waals surface area contributed by atoms with Gasteiger partial charge in [0.2, 0.25) is 0 Å². The van der Waals surface area contributed by atoms with Crippen molar-refractivity contribution in [2.75, 3.05) is 18.0 Å². The van der Waals surface area contributed by atoms with Gasteiger partial charge in [0.05, 0.1) is 5.39 Å². The Hall–Kier alpha value is -2.02. The summed E-state index contributed by atoms with van der Waals surface area (Å²) in [6, 6.07) is 2.14. The molecule has 1 saturated heterocycles. The Balaban J connectivity index is 1.45. The summed E-state index contributed by atoms with van der Waals surface area (Å²) < 4.78 is 2.40. The Kier molecular flexibility index (Phi) is 3.88. The fourth-order valence-corrected chi connectivity index (χ4v) is 4.95. The van der Waals surface area contributed by atoms with E-state index in [-0.39, 0.29) is 0 Å². The van der Waals surface area contributed by atoms with Crippen LogP contribution in [0.2, 0.25) is 0 Å². The first-order valence-electron chi connectivity index (χ1n) is 9.25. The normalized spacial score (nSPS) is 21.3. The van der Waals surface area contributed by atoms with Crippen LogP contribution in [0.5, 0.6) is 0 Å². The molecule has 0 aromatic carbocycles. The number of hydrogen-bond donors (Lipinski definition) is 0. The van der Waals surface area contributed by atoms with Crippen molar-refractivity contribution >= 4 is 27.4 Å². The molecule has 0 unspecified atom stereocenters. The fourth-order valence-electron chi connectivity index (χ4n) is 4.22. The molecule has 0 aliphatic carbocycles. The lowest BCUT2D eigenvalue weighted by Crippen LogP contribution is -2.36. The third-order valence-electron chi connectivity index (χ3n) is 5.46. The van der Waals surface area contributed by atoms with Gasteiger partial charge in [0, 0.05) is 32.0 Å². The van der Waals surface area contributed by atoms with Gasteiger partial charge in [0.25, 0.3) is 0 Å². The highest BCUT2D eigenvalue weighted by Gasteiger charge is 2.28. The lowest BCUT2D eigenvalue weighted by molar-refractivity contribution is 0.464. The molecule has 6 nitrogen and oxygen atoms in total. The maximum Gasteiger partial charge on any atom is 0.140 e. The number of rotatable bonds is 2. The predicted molar refractivity (Wildman–Crippen MR) is 99.2 cm³/mol. The Morgan fingerprint density at radius 2 is 2.04 bits per heavy atom. The van der Waals surface area contributed by atoms with Crippen molar-refractivity contribution < 1.29 is 0 Å².